The standard InChI is InChI=1S/C21H23ClN4O4/c1-21(15-7-9-17(30-3)10-8-15)19(28)26(20(29)23-21)24-18(27)13-25(2)12-14-5-4-6-16(22)11-14/h4-11H,12-13H2,1-3H3,(H,23,29)(H,24,27). The highest BCUT2D eigenvalue weighted by Crippen LogP contribution is 2.29. The summed E-state index contributed by atoms with van der Waals surface area (Å²) in [6.07, 6.45) is 0. The Labute approximate surface area is 179 Å². The lowest BCUT2D eigenvalue weighted by atomic mass is 9.92. The summed E-state index contributed by atoms with van der Waals surface area (Å²) in [5.74, 6) is -0.419. The number of nitrogens with zero attached hydrogens (tertiary/aromatic N) is 2. The van der Waals surface area contributed by atoms with Crippen LogP contribution in [0.15, 0.2) is 48.5 Å². The molecule has 0 saturated carbocycles. The van der Waals surface area contributed by atoms with Gasteiger partial charge in [0.1, 0.15) is 11.3 Å². The number of ether oxygens (including phenoxy) is 1. The fourth-order valence-corrected chi connectivity index (χ4v) is 3.48. The largest absolute Gasteiger partial charge is 0.497 e. The molecule has 0 spiro atoms. The molecule has 8 nitrogen and oxygen atoms in total. The highest BCUT2D eigenvalue weighted by Gasteiger charge is 2.50. The predicted molar refractivity (Wildman–Crippen MR) is 112 cm³/mol. The number of rotatable bonds is 7. The molecule has 1 heterocycles. The predicted octanol–water partition coefficient (Wildman–Crippen LogP) is 2.28. The zero-order valence-electron chi connectivity index (χ0n) is 16.9. The molecule has 30 heavy (non-hydrogen) atoms. The summed E-state index contributed by atoms with van der Waals surface area (Å²) in [5, 5.41) is 3.98. The van der Waals surface area contributed by atoms with Crippen LogP contribution in [0, 0.1) is 0 Å². The fraction of sp³-hybridized carbons (Fsp3) is 0.286. The molecule has 1 atom stereocenters. The highest BCUT2D eigenvalue weighted by atomic mass is 35.5. The lowest BCUT2D eigenvalue weighted by Gasteiger charge is -2.23. The fourth-order valence-electron chi connectivity index (χ4n) is 3.27. The maximum atomic E-state index is 12.9. The minimum atomic E-state index is -1.29. The number of carbonyl (C=O) groups excluding carboxylic acids is 3. The lowest BCUT2D eigenvalue weighted by molar-refractivity contribution is -0.139. The smallest absolute Gasteiger partial charge is 0.344 e. The number of amides is 4. The quantitative estimate of drug-likeness (QED) is 0.657. The van der Waals surface area contributed by atoms with Crippen molar-refractivity contribution >= 4 is 29.4 Å². The molecule has 2 aromatic carbocycles. The molecule has 4 amide bonds. The summed E-state index contributed by atoms with van der Waals surface area (Å²) in [6, 6.07) is 13.4. The number of carbonyl (C=O) groups is 3. The van der Waals surface area contributed by atoms with E-state index in [4.69, 9.17) is 16.3 Å². The molecule has 1 fully saturated rings. The normalized spacial score (nSPS) is 18.5. The topological polar surface area (TPSA) is 91.0 Å². The van der Waals surface area contributed by atoms with Crippen molar-refractivity contribution < 1.29 is 19.1 Å². The van der Waals surface area contributed by atoms with Crippen LogP contribution < -0.4 is 15.5 Å². The van der Waals surface area contributed by atoms with Gasteiger partial charge in [0.15, 0.2) is 0 Å². The van der Waals surface area contributed by atoms with Crippen molar-refractivity contribution in [3.8, 4) is 5.75 Å². The van der Waals surface area contributed by atoms with Gasteiger partial charge < -0.3 is 10.1 Å². The van der Waals surface area contributed by atoms with E-state index >= 15 is 0 Å². The van der Waals surface area contributed by atoms with Crippen LogP contribution in [-0.4, -0.2) is 48.5 Å². The molecule has 9 heteroatoms. The van der Waals surface area contributed by atoms with E-state index < -0.39 is 23.4 Å². The van der Waals surface area contributed by atoms with Crippen LogP contribution in [0.3, 0.4) is 0 Å². The second kappa shape index (κ2) is 8.73. The van der Waals surface area contributed by atoms with E-state index in [9.17, 15) is 14.4 Å². The Morgan fingerprint density at radius 2 is 1.93 bits per heavy atom. The molecule has 2 N–H and O–H groups in total. The summed E-state index contributed by atoms with van der Waals surface area (Å²) in [5.41, 5.74) is 2.63. The Morgan fingerprint density at radius 1 is 1.23 bits per heavy atom. The first kappa shape index (κ1) is 21.6. The number of nitrogens with one attached hydrogen (secondary N) is 2. The van der Waals surface area contributed by atoms with E-state index in [1.54, 1.807) is 56.3 Å². The van der Waals surface area contributed by atoms with Crippen molar-refractivity contribution in [2.45, 2.75) is 19.0 Å². The third-order valence-electron chi connectivity index (χ3n) is 4.85. The van der Waals surface area contributed by atoms with Gasteiger partial charge in [0.05, 0.1) is 13.7 Å². The molecule has 3 rings (SSSR count). The van der Waals surface area contributed by atoms with Crippen LogP contribution in [0.25, 0.3) is 0 Å². The van der Waals surface area contributed by atoms with Crippen molar-refractivity contribution in [1.82, 2.24) is 20.7 Å². The van der Waals surface area contributed by atoms with Crippen LogP contribution in [0.1, 0.15) is 18.1 Å². The number of methoxy groups -OCH3 is 1. The number of hydrogen-bond donors (Lipinski definition) is 2. The molecule has 0 aliphatic carbocycles. The molecule has 1 saturated heterocycles. The third-order valence-corrected chi connectivity index (χ3v) is 5.08. The number of hydrazine groups is 1. The third kappa shape index (κ3) is 4.55. The van der Waals surface area contributed by atoms with E-state index in [0.29, 0.717) is 22.9 Å². The minimum absolute atomic E-state index is 0.0111. The average Bonchev–Trinajstić information content (AvgIpc) is 2.92. The van der Waals surface area contributed by atoms with E-state index in [1.165, 1.54) is 0 Å². The van der Waals surface area contributed by atoms with Crippen LogP contribution in [-0.2, 0) is 21.7 Å². The maximum absolute atomic E-state index is 12.9. The zero-order chi connectivity index (χ0) is 21.9. The molecular formula is C21H23ClN4O4. The zero-order valence-corrected chi connectivity index (χ0v) is 17.7. The van der Waals surface area contributed by atoms with Crippen LogP contribution >= 0.6 is 11.6 Å². The number of imide groups is 1. The van der Waals surface area contributed by atoms with Gasteiger partial charge in [0, 0.05) is 11.6 Å². The van der Waals surface area contributed by atoms with E-state index in [-0.39, 0.29) is 6.54 Å². The molecule has 0 aromatic heterocycles. The first-order valence-electron chi connectivity index (χ1n) is 9.26. The van der Waals surface area contributed by atoms with Crippen molar-refractivity contribution in [3.63, 3.8) is 0 Å². The second-order valence-electron chi connectivity index (χ2n) is 7.26. The number of hydrogen-bond acceptors (Lipinski definition) is 5. The van der Waals surface area contributed by atoms with Crippen LogP contribution in [0.4, 0.5) is 4.79 Å². The van der Waals surface area contributed by atoms with E-state index in [0.717, 1.165) is 10.6 Å². The van der Waals surface area contributed by atoms with E-state index in [2.05, 4.69) is 10.7 Å². The highest BCUT2D eigenvalue weighted by molar-refractivity contribution is 6.30. The Balaban J connectivity index is 1.63. The maximum Gasteiger partial charge on any atom is 0.344 e. The number of likely N-dealkylation sites (N-methyl/N-ethyl adjacent to an activating group) is 1. The second-order valence-corrected chi connectivity index (χ2v) is 7.70. The summed E-state index contributed by atoms with van der Waals surface area (Å²) in [7, 11) is 3.30. The van der Waals surface area contributed by atoms with Gasteiger partial charge in [-0.05, 0) is 49.4 Å². The minimum Gasteiger partial charge on any atom is -0.497 e. The van der Waals surface area contributed by atoms with Gasteiger partial charge in [-0.1, -0.05) is 35.9 Å². The van der Waals surface area contributed by atoms with Crippen molar-refractivity contribution in [2.75, 3.05) is 20.7 Å². The number of urea groups is 1. The van der Waals surface area contributed by atoms with Gasteiger partial charge in [0.2, 0.25) is 0 Å². The summed E-state index contributed by atoms with van der Waals surface area (Å²) in [4.78, 5) is 39.5. The average molecular weight is 431 g/mol. The molecule has 1 aliphatic heterocycles. The lowest BCUT2D eigenvalue weighted by Crippen LogP contribution is -2.50. The molecule has 1 aliphatic rings. The Hall–Kier alpha value is -3.10. The van der Waals surface area contributed by atoms with E-state index in [1.807, 2.05) is 18.2 Å². The summed E-state index contributed by atoms with van der Waals surface area (Å²) >= 11 is 5.98. The van der Waals surface area contributed by atoms with Crippen molar-refractivity contribution in [1.29, 1.82) is 0 Å². The van der Waals surface area contributed by atoms with Gasteiger partial charge in [-0.2, -0.15) is 5.01 Å². The first-order chi connectivity index (χ1) is 14.2. The summed E-state index contributed by atoms with van der Waals surface area (Å²) in [6.45, 7) is 2.06. The Bertz CT molecular complexity index is 966. The summed E-state index contributed by atoms with van der Waals surface area (Å²) < 4.78 is 5.12. The molecule has 0 radical (unpaired) electrons. The molecule has 0 bridgehead atoms. The number of benzene rings is 2. The van der Waals surface area contributed by atoms with Gasteiger partial charge in [0.25, 0.3) is 11.8 Å². The molecule has 158 valence electrons. The molecule has 1 unspecified atom stereocenters. The first-order valence-corrected chi connectivity index (χ1v) is 9.64. The van der Waals surface area contributed by atoms with Crippen molar-refractivity contribution in [2.24, 2.45) is 0 Å². The monoisotopic (exact) mass is 430 g/mol. The molecular weight excluding hydrogens is 408 g/mol. The van der Waals surface area contributed by atoms with Crippen molar-refractivity contribution in [3.05, 3.63) is 64.7 Å². The van der Waals surface area contributed by atoms with Gasteiger partial charge in [-0.25, -0.2) is 4.79 Å². The van der Waals surface area contributed by atoms with Crippen LogP contribution in [0.2, 0.25) is 5.02 Å². The Morgan fingerprint density at radius 3 is 2.57 bits per heavy atom. The van der Waals surface area contributed by atoms with Crippen LogP contribution in [0.5, 0.6) is 5.75 Å². The SMILES string of the molecule is COc1ccc(C2(C)NC(=O)N(NC(=O)CN(C)Cc3cccc(Cl)c3)C2=O)cc1. The van der Waals surface area contributed by atoms with Gasteiger partial charge >= 0.3 is 6.03 Å². The molecule has 2 aromatic rings. The van der Waals surface area contributed by atoms with Gasteiger partial charge in [-0.3, -0.25) is 19.9 Å². The Kier molecular flexibility index (Phi) is 6.28. The van der Waals surface area contributed by atoms with Gasteiger partial charge in [-0.15, -0.1) is 0 Å². The number of halogens is 1.